The van der Waals surface area contributed by atoms with Crippen LogP contribution in [0.1, 0.15) is 24.7 Å². The molecule has 0 spiro atoms. The maximum atomic E-state index is 13.0. The first-order chi connectivity index (χ1) is 9.41. The van der Waals surface area contributed by atoms with Crippen LogP contribution in [0.5, 0.6) is 0 Å². The molecule has 0 fully saturated rings. The lowest BCUT2D eigenvalue weighted by atomic mass is 10.0. The van der Waals surface area contributed by atoms with Gasteiger partial charge in [-0.3, -0.25) is 4.79 Å². The van der Waals surface area contributed by atoms with Gasteiger partial charge in [-0.25, -0.2) is 4.98 Å². The number of aromatic nitrogens is 2. The normalized spacial score (nSPS) is 11.6. The lowest BCUT2D eigenvalue weighted by molar-refractivity contribution is -0.137. The van der Waals surface area contributed by atoms with Gasteiger partial charge in [0.25, 0.3) is 5.56 Å². The highest BCUT2D eigenvalue weighted by molar-refractivity contribution is 5.64. The van der Waals surface area contributed by atoms with Crippen molar-refractivity contribution in [2.75, 3.05) is 0 Å². The Bertz CT molecular complexity index is 662. The van der Waals surface area contributed by atoms with E-state index in [2.05, 4.69) is 9.97 Å². The van der Waals surface area contributed by atoms with Crippen LogP contribution in [0.25, 0.3) is 11.3 Å². The number of halogens is 3. The minimum absolute atomic E-state index is 0.0464. The van der Waals surface area contributed by atoms with Gasteiger partial charge in [0.2, 0.25) is 0 Å². The van der Waals surface area contributed by atoms with Gasteiger partial charge in [-0.2, -0.15) is 13.2 Å². The molecule has 3 nitrogen and oxygen atoms in total. The largest absolute Gasteiger partial charge is 0.417 e. The molecule has 0 radical (unpaired) electrons. The number of nitrogens with zero attached hydrogens (tertiary/aromatic N) is 1. The summed E-state index contributed by atoms with van der Waals surface area (Å²) in [6, 6.07) is 6.20. The van der Waals surface area contributed by atoms with E-state index in [0.717, 1.165) is 18.6 Å². The zero-order valence-corrected chi connectivity index (χ0v) is 10.8. The van der Waals surface area contributed by atoms with E-state index < -0.39 is 17.3 Å². The first-order valence-corrected chi connectivity index (χ1v) is 6.18. The van der Waals surface area contributed by atoms with Gasteiger partial charge in [-0.05, 0) is 12.5 Å². The molecule has 0 aliphatic rings. The van der Waals surface area contributed by atoms with Crippen molar-refractivity contribution in [1.29, 1.82) is 0 Å². The summed E-state index contributed by atoms with van der Waals surface area (Å²) in [5, 5.41) is 0. The van der Waals surface area contributed by atoms with Crippen molar-refractivity contribution in [1.82, 2.24) is 9.97 Å². The van der Waals surface area contributed by atoms with Gasteiger partial charge in [0.15, 0.2) is 0 Å². The zero-order valence-electron chi connectivity index (χ0n) is 10.8. The number of alkyl halides is 3. The summed E-state index contributed by atoms with van der Waals surface area (Å²) < 4.78 is 38.9. The van der Waals surface area contributed by atoms with E-state index in [1.807, 2.05) is 6.92 Å². The van der Waals surface area contributed by atoms with Crippen molar-refractivity contribution in [3.8, 4) is 11.3 Å². The van der Waals surface area contributed by atoms with Gasteiger partial charge in [0, 0.05) is 18.1 Å². The third kappa shape index (κ3) is 3.07. The van der Waals surface area contributed by atoms with Crippen LogP contribution in [0.2, 0.25) is 0 Å². The Hall–Kier alpha value is -2.11. The molecule has 1 aromatic heterocycles. The smallest absolute Gasteiger partial charge is 0.311 e. The summed E-state index contributed by atoms with van der Waals surface area (Å²) in [6.07, 6.45) is -3.23. The average molecular weight is 282 g/mol. The first-order valence-electron chi connectivity index (χ1n) is 6.18. The highest BCUT2D eigenvalue weighted by atomic mass is 19.4. The van der Waals surface area contributed by atoms with E-state index in [1.54, 1.807) is 0 Å². The maximum absolute atomic E-state index is 13.0. The number of nitrogens with one attached hydrogen (secondary N) is 1. The van der Waals surface area contributed by atoms with E-state index >= 15 is 0 Å². The minimum Gasteiger partial charge on any atom is -0.311 e. The van der Waals surface area contributed by atoms with Gasteiger partial charge in [-0.1, -0.05) is 25.1 Å². The van der Waals surface area contributed by atoms with Crippen molar-refractivity contribution in [2.45, 2.75) is 25.9 Å². The molecule has 0 amide bonds. The Labute approximate surface area is 113 Å². The molecule has 0 saturated carbocycles. The van der Waals surface area contributed by atoms with E-state index in [0.29, 0.717) is 12.2 Å². The number of benzene rings is 1. The predicted octanol–water partition coefficient (Wildman–Crippen LogP) is 3.41. The standard InChI is InChI=1S/C14H13F3N2O/c1-2-5-12-18-11(8-13(20)19-12)9-6-3-4-7-10(9)14(15,16)17/h3-4,6-8H,2,5H2,1H3,(H,18,19,20). The van der Waals surface area contributed by atoms with Gasteiger partial charge in [0.05, 0.1) is 11.3 Å². The lowest BCUT2D eigenvalue weighted by Crippen LogP contribution is -2.13. The number of hydrogen-bond donors (Lipinski definition) is 1. The molecule has 106 valence electrons. The Morgan fingerprint density at radius 1 is 1.25 bits per heavy atom. The van der Waals surface area contributed by atoms with Crippen molar-refractivity contribution in [2.24, 2.45) is 0 Å². The van der Waals surface area contributed by atoms with Crippen molar-refractivity contribution < 1.29 is 13.2 Å². The molecule has 20 heavy (non-hydrogen) atoms. The third-order valence-electron chi connectivity index (χ3n) is 2.79. The monoisotopic (exact) mass is 282 g/mol. The van der Waals surface area contributed by atoms with Crippen molar-refractivity contribution in [3.05, 3.63) is 52.1 Å². The molecule has 1 N–H and O–H groups in total. The van der Waals surface area contributed by atoms with Crippen LogP contribution in [-0.4, -0.2) is 9.97 Å². The topological polar surface area (TPSA) is 45.8 Å². The first kappa shape index (κ1) is 14.3. The third-order valence-corrected chi connectivity index (χ3v) is 2.79. The quantitative estimate of drug-likeness (QED) is 0.937. The molecule has 1 aromatic carbocycles. The number of aryl methyl sites for hydroxylation is 1. The molecule has 0 aliphatic carbocycles. The molecule has 0 atom stereocenters. The summed E-state index contributed by atoms with van der Waals surface area (Å²) >= 11 is 0. The number of aromatic amines is 1. The maximum Gasteiger partial charge on any atom is 0.417 e. The Morgan fingerprint density at radius 3 is 2.60 bits per heavy atom. The highest BCUT2D eigenvalue weighted by Crippen LogP contribution is 2.35. The lowest BCUT2D eigenvalue weighted by Gasteiger charge is -2.12. The number of H-pyrrole nitrogens is 1. The molecular formula is C14H13F3N2O. The van der Waals surface area contributed by atoms with E-state index in [9.17, 15) is 18.0 Å². The molecule has 1 heterocycles. The van der Waals surface area contributed by atoms with Crippen LogP contribution in [0.4, 0.5) is 13.2 Å². The van der Waals surface area contributed by atoms with Crippen LogP contribution in [-0.2, 0) is 12.6 Å². The predicted molar refractivity (Wildman–Crippen MR) is 69.3 cm³/mol. The average Bonchev–Trinajstić information content (AvgIpc) is 2.37. The van der Waals surface area contributed by atoms with E-state index in [4.69, 9.17) is 0 Å². The molecule has 6 heteroatoms. The van der Waals surface area contributed by atoms with Crippen LogP contribution in [0.15, 0.2) is 35.1 Å². The summed E-state index contributed by atoms with van der Waals surface area (Å²) in [7, 11) is 0. The summed E-state index contributed by atoms with van der Waals surface area (Å²) in [4.78, 5) is 18.2. The fraction of sp³-hybridized carbons (Fsp3) is 0.286. The summed E-state index contributed by atoms with van der Waals surface area (Å²) in [6.45, 7) is 1.90. The fourth-order valence-corrected chi connectivity index (χ4v) is 1.95. The van der Waals surface area contributed by atoms with Crippen LogP contribution in [0, 0.1) is 0 Å². The van der Waals surface area contributed by atoms with Crippen LogP contribution < -0.4 is 5.56 Å². The Morgan fingerprint density at radius 2 is 1.95 bits per heavy atom. The van der Waals surface area contributed by atoms with Crippen LogP contribution >= 0.6 is 0 Å². The van der Waals surface area contributed by atoms with Crippen molar-refractivity contribution >= 4 is 0 Å². The molecule has 0 saturated heterocycles. The van der Waals surface area contributed by atoms with Crippen LogP contribution in [0.3, 0.4) is 0 Å². The van der Waals surface area contributed by atoms with Crippen molar-refractivity contribution in [3.63, 3.8) is 0 Å². The van der Waals surface area contributed by atoms with Gasteiger partial charge in [0.1, 0.15) is 5.82 Å². The van der Waals surface area contributed by atoms with E-state index in [-0.39, 0.29) is 11.3 Å². The second-order valence-electron chi connectivity index (χ2n) is 4.37. The zero-order chi connectivity index (χ0) is 14.8. The molecule has 0 unspecified atom stereocenters. The minimum atomic E-state index is -4.48. The molecule has 2 rings (SSSR count). The Kier molecular flexibility index (Phi) is 3.92. The molecule has 0 bridgehead atoms. The SMILES string of the molecule is CCCc1nc(-c2ccccc2C(F)(F)F)cc(=O)[nH]1. The fourth-order valence-electron chi connectivity index (χ4n) is 1.95. The summed E-state index contributed by atoms with van der Waals surface area (Å²) in [5.74, 6) is 0.395. The summed E-state index contributed by atoms with van der Waals surface area (Å²) in [5.41, 5.74) is -1.27. The van der Waals surface area contributed by atoms with Gasteiger partial charge < -0.3 is 4.98 Å². The van der Waals surface area contributed by atoms with E-state index in [1.165, 1.54) is 18.2 Å². The second kappa shape index (κ2) is 5.48. The Balaban J connectivity index is 2.60. The molecular weight excluding hydrogens is 269 g/mol. The highest BCUT2D eigenvalue weighted by Gasteiger charge is 2.33. The molecule has 2 aromatic rings. The molecule has 0 aliphatic heterocycles. The van der Waals surface area contributed by atoms with Gasteiger partial charge in [-0.15, -0.1) is 0 Å². The number of hydrogen-bond acceptors (Lipinski definition) is 2. The second-order valence-corrected chi connectivity index (χ2v) is 4.37. The van der Waals surface area contributed by atoms with Gasteiger partial charge >= 0.3 is 6.18 Å². The number of rotatable bonds is 3.